The lowest BCUT2D eigenvalue weighted by Crippen LogP contribution is -2.42. The summed E-state index contributed by atoms with van der Waals surface area (Å²) in [6.07, 6.45) is 14.7. The molecule has 2 atom stereocenters. The van der Waals surface area contributed by atoms with Gasteiger partial charge in [-0.2, -0.15) is 0 Å². The summed E-state index contributed by atoms with van der Waals surface area (Å²) in [5.74, 6) is 0.905. The molecule has 0 unspecified atom stereocenters. The topological polar surface area (TPSA) is 7.12 Å². The van der Waals surface area contributed by atoms with Crippen LogP contribution in [0.25, 0.3) is 0 Å². The van der Waals surface area contributed by atoms with E-state index >= 15 is 0 Å². The third kappa shape index (κ3) is 3.37. The monoisotopic (exact) mass is 301 g/mol. The van der Waals surface area contributed by atoms with Crippen molar-refractivity contribution >= 4 is 0 Å². The van der Waals surface area contributed by atoms with Gasteiger partial charge in [0.2, 0.25) is 0 Å². The number of nitrogens with zero attached hydrogens (tertiary/aromatic N) is 2. The van der Waals surface area contributed by atoms with E-state index in [0.29, 0.717) is 6.04 Å². The van der Waals surface area contributed by atoms with Crippen LogP contribution >= 0.6 is 0 Å². The second-order valence-corrected chi connectivity index (χ2v) is 7.38. The predicted octanol–water partition coefficient (Wildman–Crippen LogP) is 4.27. The van der Waals surface area contributed by atoms with Crippen LogP contribution in [-0.2, 0) is 13.0 Å². The molecule has 2 aliphatic rings. The lowest BCUT2D eigenvalue weighted by molar-refractivity contribution is -0.705. The molecule has 1 aromatic heterocycles. The first-order valence-electron chi connectivity index (χ1n) is 9.52. The average molecular weight is 301 g/mol. The number of fused-ring (bicyclic) bond motifs is 3. The van der Waals surface area contributed by atoms with Crippen LogP contribution in [0.3, 0.4) is 0 Å². The molecule has 0 amide bonds. The smallest absolute Gasteiger partial charge is 0.186 e. The van der Waals surface area contributed by atoms with Crippen molar-refractivity contribution in [2.24, 2.45) is 5.92 Å². The van der Waals surface area contributed by atoms with Gasteiger partial charge in [0, 0.05) is 30.5 Å². The van der Waals surface area contributed by atoms with Crippen LogP contribution in [0.1, 0.15) is 75.6 Å². The summed E-state index contributed by atoms with van der Waals surface area (Å²) in [7, 11) is 2.31. The van der Waals surface area contributed by atoms with Crippen molar-refractivity contribution in [3.63, 3.8) is 0 Å². The van der Waals surface area contributed by atoms with Gasteiger partial charge in [0.15, 0.2) is 11.9 Å². The number of hydrogen-bond donors (Lipinski definition) is 0. The minimum atomic E-state index is 0.695. The Kier molecular flexibility index (Phi) is 5.51. The van der Waals surface area contributed by atoms with Gasteiger partial charge in [-0.25, -0.2) is 4.57 Å². The maximum absolute atomic E-state index is 2.58. The third-order valence-corrected chi connectivity index (χ3v) is 5.82. The Hall–Kier alpha value is -0.890. The molecule has 1 aliphatic carbocycles. The predicted molar refractivity (Wildman–Crippen MR) is 91.8 cm³/mol. The molecule has 0 bridgehead atoms. The Labute approximate surface area is 136 Å². The second kappa shape index (κ2) is 7.59. The van der Waals surface area contributed by atoms with Crippen molar-refractivity contribution in [3.8, 4) is 0 Å². The second-order valence-electron chi connectivity index (χ2n) is 7.38. The van der Waals surface area contributed by atoms with Gasteiger partial charge in [-0.15, -0.1) is 0 Å². The highest BCUT2D eigenvalue weighted by Crippen LogP contribution is 2.42. The highest BCUT2D eigenvalue weighted by atomic mass is 15.2. The summed E-state index contributed by atoms with van der Waals surface area (Å²) < 4.78 is 2.57. The summed E-state index contributed by atoms with van der Waals surface area (Å²) in [6.45, 7) is 4.79. The van der Waals surface area contributed by atoms with Gasteiger partial charge in [0.25, 0.3) is 0 Å². The van der Waals surface area contributed by atoms with Crippen LogP contribution in [0.5, 0.6) is 0 Å². The molecule has 0 saturated carbocycles. The van der Waals surface area contributed by atoms with Gasteiger partial charge in [-0.05, 0) is 44.8 Å². The number of unbranched alkanes of at least 4 members (excludes halogenated alkanes) is 5. The number of hydrogen-bond acceptors (Lipinski definition) is 1. The van der Waals surface area contributed by atoms with E-state index in [1.54, 1.807) is 11.3 Å². The summed E-state index contributed by atoms with van der Waals surface area (Å²) in [4.78, 5) is 2.58. The fourth-order valence-corrected chi connectivity index (χ4v) is 4.57. The fraction of sp³-hybridized carbons (Fsp3) is 0.750. The Morgan fingerprint density at radius 2 is 1.95 bits per heavy atom. The van der Waals surface area contributed by atoms with E-state index in [2.05, 4.69) is 41.8 Å². The molecule has 22 heavy (non-hydrogen) atoms. The zero-order valence-electron chi connectivity index (χ0n) is 14.6. The Morgan fingerprint density at radius 1 is 1.14 bits per heavy atom. The first kappa shape index (κ1) is 16.0. The molecule has 1 fully saturated rings. The maximum Gasteiger partial charge on any atom is 0.186 e. The molecule has 0 spiro atoms. The largest absolute Gasteiger partial charge is 0.299 e. The van der Waals surface area contributed by atoms with Crippen LogP contribution in [0.15, 0.2) is 18.3 Å². The normalized spacial score (nSPS) is 24.3. The van der Waals surface area contributed by atoms with E-state index in [-0.39, 0.29) is 0 Å². The van der Waals surface area contributed by atoms with Gasteiger partial charge < -0.3 is 0 Å². The fourth-order valence-electron chi connectivity index (χ4n) is 4.57. The van der Waals surface area contributed by atoms with Crippen molar-refractivity contribution in [2.45, 2.75) is 77.3 Å². The van der Waals surface area contributed by atoms with Crippen molar-refractivity contribution in [3.05, 3.63) is 29.6 Å². The number of likely N-dealkylation sites (tertiary alicyclic amines) is 1. The Morgan fingerprint density at radius 3 is 2.82 bits per heavy atom. The first-order valence-corrected chi connectivity index (χ1v) is 9.52. The Bertz CT molecular complexity index is 483. The molecule has 3 rings (SSSR count). The lowest BCUT2D eigenvalue weighted by Gasteiger charge is -2.30. The SMILES string of the molecule is CCCCCCCC[n+]1cccc2c1CC[C@@H]1CCN(C)[C@H]21. The van der Waals surface area contributed by atoms with E-state index in [4.69, 9.17) is 0 Å². The van der Waals surface area contributed by atoms with E-state index in [0.717, 1.165) is 5.92 Å². The summed E-state index contributed by atoms with van der Waals surface area (Å²) in [5, 5.41) is 0. The standard InChI is InChI=1S/C20H33N2/c1-3-4-5-6-7-8-14-22-15-9-10-18-19(22)12-11-17-13-16-21(2)20(17)18/h9-10,15,17,20H,3-8,11-14,16H2,1-2H3/q+1/t17-,20+/m1/s1. The third-order valence-electron chi connectivity index (χ3n) is 5.82. The van der Waals surface area contributed by atoms with Crippen LogP contribution in [0.2, 0.25) is 0 Å². The van der Waals surface area contributed by atoms with E-state index < -0.39 is 0 Å². The minimum absolute atomic E-state index is 0.695. The molecular formula is C20H33N2+. The molecule has 2 heterocycles. The van der Waals surface area contributed by atoms with Crippen molar-refractivity contribution < 1.29 is 4.57 Å². The van der Waals surface area contributed by atoms with Crippen LogP contribution in [-0.4, -0.2) is 18.5 Å². The quantitative estimate of drug-likeness (QED) is 0.539. The molecule has 2 heteroatoms. The van der Waals surface area contributed by atoms with Gasteiger partial charge in [0.05, 0.1) is 0 Å². The van der Waals surface area contributed by atoms with E-state index in [1.165, 1.54) is 70.9 Å². The van der Waals surface area contributed by atoms with E-state index in [1.807, 2.05) is 0 Å². The first-order chi connectivity index (χ1) is 10.8. The molecule has 1 aromatic rings. The average Bonchev–Trinajstić information content (AvgIpc) is 2.92. The van der Waals surface area contributed by atoms with Gasteiger partial charge in [-0.3, -0.25) is 4.90 Å². The number of aromatic nitrogens is 1. The van der Waals surface area contributed by atoms with Crippen LogP contribution < -0.4 is 4.57 Å². The number of aryl methyl sites for hydroxylation is 1. The lowest BCUT2D eigenvalue weighted by atomic mass is 9.82. The van der Waals surface area contributed by atoms with Crippen LogP contribution in [0, 0.1) is 5.92 Å². The summed E-state index contributed by atoms with van der Waals surface area (Å²) >= 11 is 0. The van der Waals surface area contributed by atoms with Crippen molar-refractivity contribution in [1.82, 2.24) is 4.90 Å². The molecular weight excluding hydrogens is 268 g/mol. The molecule has 0 N–H and O–H groups in total. The molecule has 2 nitrogen and oxygen atoms in total. The molecule has 122 valence electrons. The molecule has 1 aliphatic heterocycles. The zero-order chi connectivity index (χ0) is 15.4. The number of rotatable bonds is 7. The minimum Gasteiger partial charge on any atom is -0.299 e. The summed E-state index contributed by atoms with van der Waals surface area (Å²) in [6, 6.07) is 5.37. The molecule has 1 saturated heterocycles. The van der Waals surface area contributed by atoms with Gasteiger partial charge in [-0.1, -0.05) is 32.6 Å². The highest BCUT2D eigenvalue weighted by molar-refractivity contribution is 5.25. The molecule has 0 aromatic carbocycles. The van der Waals surface area contributed by atoms with Crippen LogP contribution in [0.4, 0.5) is 0 Å². The highest BCUT2D eigenvalue weighted by Gasteiger charge is 2.40. The Balaban J connectivity index is 1.62. The van der Waals surface area contributed by atoms with Crippen molar-refractivity contribution in [2.75, 3.05) is 13.6 Å². The van der Waals surface area contributed by atoms with Crippen molar-refractivity contribution in [1.29, 1.82) is 0 Å². The number of pyridine rings is 1. The van der Waals surface area contributed by atoms with E-state index in [9.17, 15) is 0 Å². The maximum atomic E-state index is 2.58. The zero-order valence-corrected chi connectivity index (χ0v) is 14.6. The summed E-state index contributed by atoms with van der Waals surface area (Å²) in [5.41, 5.74) is 3.26. The van der Waals surface area contributed by atoms with Gasteiger partial charge in [0.1, 0.15) is 6.54 Å². The molecule has 0 radical (unpaired) electrons. The van der Waals surface area contributed by atoms with Gasteiger partial charge >= 0.3 is 0 Å².